The van der Waals surface area contributed by atoms with E-state index in [0.717, 1.165) is 62.0 Å². The van der Waals surface area contributed by atoms with Crippen molar-refractivity contribution >= 4 is 34.1 Å². The normalized spacial score (nSPS) is 13.4. The highest BCUT2D eigenvalue weighted by Gasteiger charge is 2.42. The zero-order valence-electron chi connectivity index (χ0n) is 34.4. The maximum absolute atomic E-state index is 6.97. The van der Waals surface area contributed by atoms with Crippen molar-refractivity contribution in [3.63, 3.8) is 0 Å². The molecular weight excluding hydrogens is 683 g/mol. The van der Waals surface area contributed by atoms with Crippen LogP contribution in [0.5, 0.6) is 23.0 Å². The van der Waals surface area contributed by atoms with Crippen molar-refractivity contribution in [2.75, 3.05) is 0 Å². The molecule has 0 amide bonds. The maximum atomic E-state index is 6.97. The van der Waals surface area contributed by atoms with E-state index in [2.05, 4.69) is 189 Å². The van der Waals surface area contributed by atoms with E-state index in [-0.39, 0.29) is 17.5 Å². The van der Waals surface area contributed by atoms with Gasteiger partial charge in [0.25, 0.3) is 6.71 Å². The lowest BCUT2D eigenvalue weighted by atomic mass is 9.34. The molecule has 2 aliphatic heterocycles. The molecule has 0 N–H and O–H groups in total. The van der Waals surface area contributed by atoms with E-state index in [9.17, 15) is 0 Å². The smallest absolute Gasteiger partial charge is 0.260 e. The minimum atomic E-state index is -0.0244. The molecule has 0 unspecified atom stereocenters. The Labute approximate surface area is 332 Å². The Morgan fingerprint density at radius 2 is 1.09 bits per heavy atom. The van der Waals surface area contributed by atoms with Crippen molar-refractivity contribution in [1.82, 2.24) is 9.55 Å². The van der Waals surface area contributed by atoms with E-state index in [1.807, 2.05) is 0 Å². The van der Waals surface area contributed by atoms with Crippen LogP contribution in [0.15, 0.2) is 115 Å². The Kier molecular flexibility index (Phi) is 8.39. The maximum Gasteiger partial charge on any atom is 0.260 e. The number of rotatable bonds is 5. The monoisotopic (exact) mass is 734 g/mol. The molecule has 0 saturated carbocycles. The number of imidazole rings is 1. The summed E-state index contributed by atoms with van der Waals surface area (Å²) in [5.74, 6) is 5.01. The number of hydrogen-bond acceptors (Lipinski definition) is 3. The Balaban J connectivity index is 1.33. The van der Waals surface area contributed by atoms with Crippen molar-refractivity contribution in [3.05, 3.63) is 138 Å². The number of hydrogen-bond donors (Lipinski definition) is 0. The molecule has 0 fully saturated rings. The van der Waals surface area contributed by atoms with Crippen LogP contribution in [0.25, 0.3) is 39.2 Å². The number of para-hydroxylation sites is 2. The topological polar surface area (TPSA) is 36.3 Å². The molecule has 0 bridgehead atoms. The average Bonchev–Trinajstić information content (AvgIpc) is 3.56. The van der Waals surface area contributed by atoms with Crippen molar-refractivity contribution in [1.29, 1.82) is 0 Å². The predicted molar refractivity (Wildman–Crippen MR) is 235 cm³/mol. The molecule has 6 aromatic carbocycles. The molecular formula is C51H51BN2O2. The Morgan fingerprint density at radius 1 is 0.554 bits per heavy atom. The molecule has 9 rings (SSSR count). The lowest BCUT2D eigenvalue weighted by molar-refractivity contribution is 0.464. The molecule has 0 atom stereocenters. The largest absolute Gasteiger partial charge is 0.458 e. The van der Waals surface area contributed by atoms with Gasteiger partial charge in [-0.3, -0.25) is 4.57 Å². The average molecular weight is 735 g/mol. The minimum Gasteiger partial charge on any atom is -0.458 e. The molecule has 0 spiro atoms. The molecule has 1 aromatic heterocycles. The van der Waals surface area contributed by atoms with Crippen molar-refractivity contribution in [2.24, 2.45) is 0 Å². The Bertz CT molecular complexity index is 2560. The Morgan fingerprint density at radius 3 is 1.61 bits per heavy atom. The standard InChI is InChI=1S/C51H51BN2O2/c1-30(2)36-18-14-19-37(31(3)4)47(36)54-48-38(20-15-21-41(48)53-49(54)32-16-12-11-13-17-32)33-26-44-46-45(27-33)56-43-25-23-35(51(8,9)10)29-40(43)52(46)39-28-34(50(5,6)7)22-24-42(39)55-44/h11-31H,1-10H3. The quantitative estimate of drug-likeness (QED) is 0.165. The third-order valence-electron chi connectivity index (χ3n) is 11.8. The van der Waals surface area contributed by atoms with Gasteiger partial charge in [-0.15, -0.1) is 0 Å². The van der Waals surface area contributed by atoms with E-state index < -0.39 is 0 Å². The zero-order chi connectivity index (χ0) is 39.3. The highest BCUT2D eigenvalue weighted by atomic mass is 16.5. The van der Waals surface area contributed by atoms with Crippen molar-refractivity contribution in [3.8, 4) is 51.2 Å². The van der Waals surface area contributed by atoms with E-state index in [4.69, 9.17) is 14.5 Å². The fourth-order valence-electron chi connectivity index (χ4n) is 8.72. The first-order valence-corrected chi connectivity index (χ1v) is 20.2. The first kappa shape index (κ1) is 36.1. The minimum absolute atomic E-state index is 0.00684. The molecule has 280 valence electrons. The van der Waals surface area contributed by atoms with E-state index in [1.165, 1.54) is 38.9 Å². The number of ether oxygens (including phenoxy) is 2. The lowest BCUT2D eigenvalue weighted by Gasteiger charge is -2.35. The first-order chi connectivity index (χ1) is 26.7. The van der Waals surface area contributed by atoms with Crippen LogP contribution in [-0.4, -0.2) is 16.3 Å². The molecule has 3 heterocycles. The van der Waals surface area contributed by atoms with Gasteiger partial charge in [0, 0.05) is 16.6 Å². The summed E-state index contributed by atoms with van der Waals surface area (Å²) in [5.41, 5.74) is 15.0. The molecule has 0 aliphatic carbocycles. The van der Waals surface area contributed by atoms with Crippen LogP contribution < -0.4 is 25.9 Å². The van der Waals surface area contributed by atoms with Gasteiger partial charge in [0.05, 0.1) is 16.7 Å². The van der Waals surface area contributed by atoms with Crippen LogP contribution >= 0.6 is 0 Å². The van der Waals surface area contributed by atoms with Gasteiger partial charge in [0.15, 0.2) is 0 Å². The summed E-state index contributed by atoms with van der Waals surface area (Å²) in [7, 11) is 0. The van der Waals surface area contributed by atoms with Gasteiger partial charge in [0.2, 0.25) is 0 Å². The van der Waals surface area contributed by atoms with E-state index >= 15 is 0 Å². The van der Waals surface area contributed by atoms with Crippen molar-refractivity contribution < 1.29 is 9.47 Å². The molecule has 2 aliphatic rings. The van der Waals surface area contributed by atoms with Crippen molar-refractivity contribution in [2.45, 2.75) is 91.9 Å². The Hall–Kier alpha value is -5.55. The van der Waals surface area contributed by atoms with E-state index in [1.54, 1.807) is 0 Å². The number of fused-ring (bicyclic) bond motifs is 5. The van der Waals surface area contributed by atoms with Gasteiger partial charge in [-0.2, -0.15) is 0 Å². The molecule has 4 nitrogen and oxygen atoms in total. The van der Waals surface area contributed by atoms with Crippen LogP contribution in [0.3, 0.4) is 0 Å². The van der Waals surface area contributed by atoms with Gasteiger partial charge in [-0.1, -0.05) is 154 Å². The van der Waals surface area contributed by atoms with Gasteiger partial charge >= 0.3 is 0 Å². The van der Waals surface area contributed by atoms with Crippen LogP contribution in [-0.2, 0) is 10.8 Å². The molecule has 0 radical (unpaired) electrons. The summed E-state index contributed by atoms with van der Waals surface area (Å²) in [6, 6.07) is 41.9. The molecule has 7 aromatic rings. The number of benzene rings is 6. The number of aromatic nitrogens is 2. The van der Waals surface area contributed by atoms with E-state index in [0.29, 0.717) is 11.8 Å². The summed E-state index contributed by atoms with van der Waals surface area (Å²) < 4.78 is 16.4. The highest BCUT2D eigenvalue weighted by molar-refractivity contribution is 6.98. The summed E-state index contributed by atoms with van der Waals surface area (Å²) in [4.78, 5) is 5.42. The van der Waals surface area contributed by atoms with Gasteiger partial charge in [0.1, 0.15) is 28.8 Å². The van der Waals surface area contributed by atoms with Gasteiger partial charge in [-0.25, -0.2) is 4.98 Å². The second kappa shape index (κ2) is 13.0. The SMILES string of the molecule is CC(C)c1cccc(C(C)C)c1-n1c(-c2ccccc2)nc2cccc(-c3cc4c5c(c3)Oc3ccc(C(C)(C)C)cc3B5c3cc(C(C)(C)C)ccc3O4)c21. The molecule has 5 heteroatoms. The second-order valence-corrected chi connectivity index (χ2v) is 18.4. The summed E-state index contributed by atoms with van der Waals surface area (Å²) in [5, 5.41) is 0. The summed E-state index contributed by atoms with van der Waals surface area (Å²) in [6.45, 7) is 22.8. The third-order valence-corrected chi connectivity index (χ3v) is 11.8. The lowest BCUT2D eigenvalue weighted by Crippen LogP contribution is -2.57. The first-order valence-electron chi connectivity index (χ1n) is 20.2. The van der Waals surface area contributed by atoms with Crippen LogP contribution in [0, 0.1) is 0 Å². The van der Waals surface area contributed by atoms with Crippen LogP contribution in [0.1, 0.15) is 103 Å². The second-order valence-electron chi connectivity index (χ2n) is 18.4. The predicted octanol–water partition coefficient (Wildman–Crippen LogP) is 11.9. The van der Waals surface area contributed by atoms with Gasteiger partial charge < -0.3 is 9.47 Å². The molecule has 0 saturated heterocycles. The summed E-state index contributed by atoms with van der Waals surface area (Å²) >= 11 is 0. The fraction of sp³-hybridized carbons (Fsp3) is 0.275. The molecule has 56 heavy (non-hydrogen) atoms. The highest BCUT2D eigenvalue weighted by Crippen LogP contribution is 2.44. The third kappa shape index (κ3) is 5.86. The summed E-state index contributed by atoms with van der Waals surface area (Å²) in [6.07, 6.45) is 0. The fourth-order valence-corrected chi connectivity index (χ4v) is 8.72. The van der Waals surface area contributed by atoms with Crippen LogP contribution in [0.2, 0.25) is 0 Å². The van der Waals surface area contributed by atoms with Crippen LogP contribution in [0.4, 0.5) is 0 Å². The number of nitrogens with zero attached hydrogens (tertiary/aromatic N) is 2. The van der Waals surface area contributed by atoms with Gasteiger partial charge in [-0.05, 0) is 91.7 Å². The zero-order valence-corrected chi connectivity index (χ0v) is 34.4.